The number of anilines is 1. The number of carbonyl (C=O) groups excluding carboxylic acids is 3. The van der Waals surface area contributed by atoms with Crippen molar-refractivity contribution >= 4 is 40.6 Å². The first-order valence-corrected chi connectivity index (χ1v) is 11.0. The lowest BCUT2D eigenvalue weighted by atomic mass is 10.1. The molecule has 0 spiro atoms. The minimum atomic E-state index is -0.417. The van der Waals surface area contributed by atoms with Crippen LogP contribution in [0.25, 0.3) is 6.08 Å². The third-order valence-corrected chi connectivity index (χ3v) is 6.02. The number of methoxy groups -OCH3 is 2. The number of imide groups is 1. The van der Waals surface area contributed by atoms with Gasteiger partial charge in [-0.2, -0.15) is 0 Å². The predicted octanol–water partition coefficient (Wildman–Crippen LogP) is 1.85. The number of ether oxygens (including phenoxy) is 2. The molecule has 0 bridgehead atoms. The number of rotatable bonds is 9. The van der Waals surface area contributed by atoms with Gasteiger partial charge >= 0.3 is 0 Å². The van der Waals surface area contributed by atoms with E-state index in [2.05, 4.69) is 15.5 Å². The van der Waals surface area contributed by atoms with Crippen LogP contribution in [0.15, 0.2) is 17.0 Å². The zero-order valence-electron chi connectivity index (χ0n) is 17.7. The average molecular weight is 449 g/mol. The van der Waals surface area contributed by atoms with Crippen LogP contribution < -0.4 is 30.7 Å². The molecule has 0 aromatic heterocycles. The second-order valence-electron chi connectivity index (χ2n) is 7.36. The van der Waals surface area contributed by atoms with Crippen molar-refractivity contribution in [3.05, 3.63) is 22.6 Å². The Balaban J connectivity index is 1.81. The van der Waals surface area contributed by atoms with Gasteiger partial charge in [0, 0.05) is 42.9 Å². The Morgan fingerprint density at radius 2 is 2.03 bits per heavy atom. The lowest BCUT2D eigenvalue weighted by molar-refractivity contribution is -0.121. The molecule has 3 rings (SSSR count). The number of hydrogen-bond donors (Lipinski definition) is 3. The monoisotopic (exact) mass is 448 g/mol. The number of thioether (sulfide) groups is 1. The summed E-state index contributed by atoms with van der Waals surface area (Å²) < 4.78 is 10.9. The number of nitrogens with zero attached hydrogens (tertiary/aromatic N) is 1. The summed E-state index contributed by atoms with van der Waals surface area (Å²) in [7, 11) is 3.11. The van der Waals surface area contributed by atoms with Crippen LogP contribution in [-0.4, -0.2) is 56.9 Å². The minimum absolute atomic E-state index is 0.0321. The third kappa shape index (κ3) is 5.71. The van der Waals surface area contributed by atoms with E-state index in [1.807, 2.05) is 6.07 Å². The molecule has 4 N–H and O–H groups in total. The Kier molecular flexibility index (Phi) is 7.80. The fraction of sp³-hybridized carbons (Fsp3) is 0.476. The van der Waals surface area contributed by atoms with E-state index in [1.165, 1.54) is 0 Å². The van der Waals surface area contributed by atoms with Gasteiger partial charge < -0.3 is 25.4 Å². The molecule has 2 aliphatic heterocycles. The number of benzene rings is 1. The number of amides is 3. The molecular formula is C21H28N4O5S. The number of nitrogens with two attached hydrogens (primary N) is 1. The third-order valence-electron chi connectivity index (χ3n) is 5.21. The highest BCUT2D eigenvalue weighted by Crippen LogP contribution is 2.39. The summed E-state index contributed by atoms with van der Waals surface area (Å²) in [5, 5.41) is 4.97. The van der Waals surface area contributed by atoms with Crippen LogP contribution >= 0.6 is 11.8 Å². The van der Waals surface area contributed by atoms with Gasteiger partial charge in [0.15, 0.2) is 11.5 Å². The van der Waals surface area contributed by atoms with E-state index in [1.54, 1.807) is 26.4 Å². The van der Waals surface area contributed by atoms with Crippen LogP contribution in [0.5, 0.6) is 11.5 Å². The Labute approximate surface area is 185 Å². The lowest BCUT2D eigenvalue weighted by Crippen LogP contribution is -2.37. The van der Waals surface area contributed by atoms with Gasteiger partial charge in [0.1, 0.15) is 0 Å². The van der Waals surface area contributed by atoms with E-state index in [9.17, 15) is 14.4 Å². The second-order valence-corrected chi connectivity index (χ2v) is 8.38. The van der Waals surface area contributed by atoms with Crippen LogP contribution in [0.3, 0.4) is 0 Å². The van der Waals surface area contributed by atoms with E-state index < -0.39 is 11.1 Å². The van der Waals surface area contributed by atoms with Crippen LogP contribution in [0.2, 0.25) is 0 Å². The van der Waals surface area contributed by atoms with Crippen molar-refractivity contribution in [3.8, 4) is 11.5 Å². The van der Waals surface area contributed by atoms with Gasteiger partial charge in [0.2, 0.25) is 5.91 Å². The predicted molar refractivity (Wildman–Crippen MR) is 120 cm³/mol. The molecule has 0 aliphatic carbocycles. The zero-order chi connectivity index (χ0) is 22.4. The first kappa shape index (κ1) is 23.0. The van der Waals surface area contributed by atoms with E-state index in [0.29, 0.717) is 35.9 Å². The second kappa shape index (κ2) is 10.5. The molecule has 2 saturated heterocycles. The Morgan fingerprint density at radius 1 is 1.29 bits per heavy atom. The molecule has 9 nitrogen and oxygen atoms in total. The molecule has 168 valence electrons. The molecule has 0 radical (unpaired) electrons. The van der Waals surface area contributed by atoms with Crippen molar-refractivity contribution in [3.63, 3.8) is 0 Å². The summed E-state index contributed by atoms with van der Waals surface area (Å²) in [6, 6.07) is 3.68. The van der Waals surface area contributed by atoms with Gasteiger partial charge in [0.25, 0.3) is 11.1 Å². The van der Waals surface area contributed by atoms with Crippen molar-refractivity contribution in [1.29, 1.82) is 0 Å². The maximum Gasteiger partial charge on any atom is 0.290 e. The molecule has 31 heavy (non-hydrogen) atoms. The normalized spacial score (nSPS) is 19.6. The summed E-state index contributed by atoms with van der Waals surface area (Å²) in [5.74, 6) is 0.706. The fourth-order valence-corrected chi connectivity index (χ4v) is 4.34. The molecule has 0 saturated carbocycles. The van der Waals surface area contributed by atoms with Crippen molar-refractivity contribution in [2.45, 2.75) is 31.7 Å². The molecule has 1 aromatic rings. The topological polar surface area (TPSA) is 123 Å². The smallest absolute Gasteiger partial charge is 0.290 e. The van der Waals surface area contributed by atoms with E-state index in [4.69, 9.17) is 15.2 Å². The first-order valence-electron chi connectivity index (χ1n) is 10.2. The first-order chi connectivity index (χ1) is 14.9. The molecule has 1 unspecified atom stereocenters. The van der Waals surface area contributed by atoms with Crippen LogP contribution in [0, 0.1) is 0 Å². The molecule has 1 aromatic carbocycles. The summed E-state index contributed by atoms with van der Waals surface area (Å²) in [6.45, 7) is 1.95. The molecule has 2 aliphatic rings. The Bertz CT molecular complexity index is 889. The maximum absolute atomic E-state index is 12.2. The van der Waals surface area contributed by atoms with Crippen LogP contribution in [0.1, 0.15) is 31.2 Å². The van der Waals surface area contributed by atoms with E-state index in [-0.39, 0.29) is 11.9 Å². The molecule has 1 atom stereocenters. The van der Waals surface area contributed by atoms with Gasteiger partial charge in [-0.25, -0.2) is 0 Å². The van der Waals surface area contributed by atoms with Crippen molar-refractivity contribution in [2.24, 2.45) is 5.73 Å². The van der Waals surface area contributed by atoms with Gasteiger partial charge in [-0.3, -0.25) is 19.7 Å². The molecule has 2 heterocycles. The maximum atomic E-state index is 12.2. The quantitative estimate of drug-likeness (QED) is 0.386. The summed E-state index contributed by atoms with van der Waals surface area (Å²) in [6.07, 6.45) is 4.58. The number of hydrogen-bond acceptors (Lipinski definition) is 8. The molecule has 10 heteroatoms. The highest BCUT2D eigenvalue weighted by molar-refractivity contribution is 8.18. The lowest BCUT2D eigenvalue weighted by Gasteiger charge is -2.23. The summed E-state index contributed by atoms with van der Waals surface area (Å²) in [5.41, 5.74) is 7.07. The van der Waals surface area contributed by atoms with Crippen LogP contribution in [0.4, 0.5) is 10.5 Å². The van der Waals surface area contributed by atoms with Gasteiger partial charge in [-0.1, -0.05) is 0 Å². The fourth-order valence-electron chi connectivity index (χ4n) is 3.66. The minimum Gasteiger partial charge on any atom is -0.493 e. The molecular weight excluding hydrogens is 420 g/mol. The van der Waals surface area contributed by atoms with Crippen molar-refractivity contribution < 1.29 is 23.9 Å². The van der Waals surface area contributed by atoms with Crippen molar-refractivity contribution in [1.82, 2.24) is 10.6 Å². The van der Waals surface area contributed by atoms with E-state index >= 15 is 0 Å². The standard InChI is InChI=1S/C21H28N4O5S/c1-29-16-9-13(10-18-20(27)24-21(28)31-18)15(11-17(16)30-2)25-8-6-14(12-25)23-19(26)5-3-4-7-22/h9-11,14H,3-8,12,22H2,1-2H3,(H,23,26)(H,24,27,28). The zero-order valence-corrected chi connectivity index (χ0v) is 18.5. The molecule has 3 amide bonds. The van der Waals surface area contributed by atoms with Gasteiger partial charge in [-0.05, 0) is 49.7 Å². The van der Waals surface area contributed by atoms with Crippen molar-refractivity contribution in [2.75, 3.05) is 38.8 Å². The van der Waals surface area contributed by atoms with Crippen LogP contribution in [-0.2, 0) is 9.59 Å². The van der Waals surface area contributed by atoms with E-state index in [0.717, 1.165) is 48.8 Å². The number of nitrogens with one attached hydrogen (secondary N) is 2. The largest absolute Gasteiger partial charge is 0.493 e. The highest BCUT2D eigenvalue weighted by atomic mass is 32.2. The number of carbonyl (C=O) groups is 3. The highest BCUT2D eigenvalue weighted by Gasteiger charge is 2.29. The van der Waals surface area contributed by atoms with Gasteiger partial charge in [-0.15, -0.1) is 0 Å². The summed E-state index contributed by atoms with van der Waals surface area (Å²) in [4.78, 5) is 38.2. The molecule has 2 fully saturated rings. The SMILES string of the molecule is COc1cc(C=C2SC(=O)NC2=O)c(N2CCC(NC(=O)CCCCN)C2)cc1OC. The Hall–Kier alpha value is -2.72. The van der Waals surface area contributed by atoms with Gasteiger partial charge in [0.05, 0.1) is 19.1 Å². The number of unbranched alkanes of at least 4 members (excludes halogenated alkanes) is 1. The Morgan fingerprint density at radius 3 is 2.68 bits per heavy atom. The average Bonchev–Trinajstić information content (AvgIpc) is 3.33. The summed E-state index contributed by atoms with van der Waals surface area (Å²) >= 11 is 0.867.